The third kappa shape index (κ3) is 4.18. The van der Waals surface area contributed by atoms with Gasteiger partial charge in [-0.25, -0.2) is 4.68 Å². The molecule has 3 heterocycles. The summed E-state index contributed by atoms with van der Waals surface area (Å²) < 4.78 is 12.1. The maximum Gasteiger partial charge on any atom is 0.188 e. The number of aliphatic hydroxyl groups excluding tert-OH is 4. The Morgan fingerprint density at radius 1 is 1.12 bits per heavy atom. The first kappa shape index (κ1) is 17.9. The van der Waals surface area contributed by atoms with Crippen LogP contribution in [0, 0.1) is 0 Å². The van der Waals surface area contributed by atoms with Crippen LogP contribution in [0.2, 0.25) is 0 Å². The molecule has 0 aromatic carbocycles. The second kappa shape index (κ2) is 7.95. The van der Waals surface area contributed by atoms with Crippen molar-refractivity contribution in [1.29, 1.82) is 0 Å². The van der Waals surface area contributed by atoms with E-state index in [0.29, 0.717) is 6.42 Å². The SMILES string of the molecule is OC[C@H]1O[C@@H](OCn2cc(Cc3ccncc3)nn2)[C@H](O)[C@@H](O)[C@@H]1O. The van der Waals surface area contributed by atoms with Crippen LogP contribution in [-0.4, -0.2) is 77.7 Å². The second-order valence-corrected chi connectivity index (χ2v) is 5.77. The number of aromatic nitrogens is 4. The molecule has 1 fully saturated rings. The minimum atomic E-state index is -1.48. The van der Waals surface area contributed by atoms with E-state index in [1.807, 2.05) is 12.1 Å². The Kier molecular flexibility index (Phi) is 5.68. The molecule has 10 heteroatoms. The standard InChI is InChI=1S/C15H20N4O6/c20-7-11-12(21)13(22)14(23)15(25-11)24-8-19-6-10(17-18-19)5-9-1-3-16-4-2-9/h1-4,6,11-15,20-23H,5,7-8H2/t11-,12-,13+,14-,15-/m1/s1. The molecule has 5 atom stereocenters. The van der Waals surface area contributed by atoms with Gasteiger partial charge in [0.1, 0.15) is 31.1 Å². The van der Waals surface area contributed by atoms with Crippen molar-refractivity contribution in [3.63, 3.8) is 0 Å². The fraction of sp³-hybridized carbons (Fsp3) is 0.533. The molecule has 4 N–H and O–H groups in total. The van der Waals surface area contributed by atoms with Crippen LogP contribution in [0.3, 0.4) is 0 Å². The number of nitrogens with zero attached hydrogens (tertiary/aromatic N) is 4. The summed E-state index contributed by atoms with van der Waals surface area (Å²) in [7, 11) is 0. The van der Waals surface area contributed by atoms with Gasteiger partial charge in [-0.05, 0) is 17.7 Å². The van der Waals surface area contributed by atoms with Gasteiger partial charge in [0, 0.05) is 18.8 Å². The largest absolute Gasteiger partial charge is 0.394 e. The van der Waals surface area contributed by atoms with E-state index >= 15 is 0 Å². The van der Waals surface area contributed by atoms with E-state index in [4.69, 9.17) is 14.6 Å². The number of pyridine rings is 1. The zero-order valence-corrected chi connectivity index (χ0v) is 13.3. The maximum absolute atomic E-state index is 9.91. The summed E-state index contributed by atoms with van der Waals surface area (Å²) in [6.45, 7) is -0.587. The molecule has 3 rings (SSSR count). The lowest BCUT2D eigenvalue weighted by Gasteiger charge is -2.39. The molecule has 25 heavy (non-hydrogen) atoms. The van der Waals surface area contributed by atoms with Gasteiger partial charge in [-0.15, -0.1) is 5.10 Å². The summed E-state index contributed by atoms with van der Waals surface area (Å²) in [5.41, 5.74) is 1.76. The van der Waals surface area contributed by atoms with Crippen molar-refractivity contribution in [1.82, 2.24) is 20.0 Å². The summed E-state index contributed by atoms with van der Waals surface area (Å²) in [6, 6.07) is 3.76. The lowest BCUT2D eigenvalue weighted by Crippen LogP contribution is -2.59. The molecule has 0 unspecified atom stereocenters. The monoisotopic (exact) mass is 352 g/mol. The van der Waals surface area contributed by atoms with Gasteiger partial charge < -0.3 is 29.9 Å². The van der Waals surface area contributed by atoms with Gasteiger partial charge in [0.05, 0.1) is 18.5 Å². The number of hydrogen-bond acceptors (Lipinski definition) is 9. The highest BCUT2D eigenvalue weighted by Crippen LogP contribution is 2.22. The average Bonchev–Trinajstić information content (AvgIpc) is 3.07. The van der Waals surface area contributed by atoms with Crippen LogP contribution in [0.15, 0.2) is 30.7 Å². The molecule has 0 amide bonds. The number of aliphatic hydroxyl groups is 4. The molecule has 0 radical (unpaired) electrons. The Morgan fingerprint density at radius 2 is 1.88 bits per heavy atom. The summed E-state index contributed by atoms with van der Waals surface area (Å²) >= 11 is 0. The molecule has 136 valence electrons. The maximum atomic E-state index is 9.91. The average molecular weight is 352 g/mol. The quantitative estimate of drug-likeness (QED) is 0.466. The van der Waals surface area contributed by atoms with Crippen molar-refractivity contribution in [2.24, 2.45) is 0 Å². The number of hydrogen-bond donors (Lipinski definition) is 4. The van der Waals surface area contributed by atoms with Crippen molar-refractivity contribution < 1.29 is 29.9 Å². The molecule has 1 saturated heterocycles. The lowest BCUT2D eigenvalue weighted by molar-refractivity contribution is -0.309. The summed E-state index contributed by atoms with van der Waals surface area (Å²) in [5.74, 6) is 0. The number of ether oxygens (including phenoxy) is 2. The van der Waals surface area contributed by atoms with E-state index in [1.54, 1.807) is 18.6 Å². The zero-order valence-electron chi connectivity index (χ0n) is 13.3. The summed E-state index contributed by atoms with van der Waals surface area (Å²) in [6.07, 6.45) is -0.897. The van der Waals surface area contributed by atoms with Crippen LogP contribution in [0.5, 0.6) is 0 Å². The first-order chi connectivity index (χ1) is 12.1. The zero-order chi connectivity index (χ0) is 17.8. The molecule has 0 spiro atoms. The van der Waals surface area contributed by atoms with Gasteiger partial charge in [0.15, 0.2) is 6.29 Å². The van der Waals surface area contributed by atoms with Crippen LogP contribution in [0.4, 0.5) is 0 Å². The van der Waals surface area contributed by atoms with Gasteiger partial charge in [-0.1, -0.05) is 5.21 Å². The molecular weight excluding hydrogens is 332 g/mol. The van der Waals surface area contributed by atoms with E-state index < -0.39 is 37.3 Å². The Labute approximate surface area is 143 Å². The Balaban J connectivity index is 1.56. The van der Waals surface area contributed by atoms with Crippen molar-refractivity contribution in [2.75, 3.05) is 6.61 Å². The molecule has 1 aliphatic heterocycles. The topological polar surface area (TPSA) is 143 Å². The van der Waals surface area contributed by atoms with Gasteiger partial charge in [-0.3, -0.25) is 4.98 Å². The van der Waals surface area contributed by atoms with E-state index in [0.717, 1.165) is 11.3 Å². The van der Waals surface area contributed by atoms with Crippen molar-refractivity contribution in [3.8, 4) is 0 Å². The molecule has 0 aliphatic carbocycles. The van der Waals surface area contributed by atoms with Crippen LogP contribution in [0.1, 0.15) is 11.3 Å². The van der Waals surface area contributed by atoms with E-state index in [-0.39, 0.29) is 6.73 Å². The molecule has 2 aromatic rings. The second-order valence-electron chi connectivity index (χ2n) is 5.77. The third-order valence-electron chi connectivity index (χ3n) is 3.94. The van der Waals surface area contributed by atoms with Gasteiger partial charge >= 0.3 is 0 Å². The van der Waals surface area contributed by atoms with Crippen molar-refractivity contribution in [3.05, 3.63) is 42.0 Å². The molecular formula is C15H20N4O6. The van der Waals surface area contributed by atoms with Gasteiger partial charge in [0.25, 0.3) is 0 Å². The van der Waals surface area contributed by atoms with Crippen molar-refractivity contribution in [2.45, 2.75) is 43.9 Å². The van der Waals surface area contributed by atoms with Crippen LogP contribution in [0.25, 0.3) is 0 Å². The van der Waals surface area contributed by atoms with E-state index in [2.05, 4.69) is 15.3 Å². The molecule has 0 bridgehead atoms. The van der Waals surface area contributed by atoms with Crippen LogP contribution >= 0.6 is 0 Å². The predicted molar refractivity (Wildman–Crippen MR) is 81.9 cm³/mol. The summed E-state index contributed by atoms with van der Waals surface area (Å²) in [4.78, 5) is 3.95. The van der Waals surface area contributed by atoms with Crippen LogP contribution < -0.4 is 0 Å². The highest BCUT2D eigenvalue weighted by atomic mass is 16.7. The third-order valence-corrected chi connectivity index (χ3v) is 3.94. The van der Waals surface area contributed by atoms with Gasteiger partial charge in [-0.2, -0.15) is 0 Å². The highest BCUT2D eigenvalue weighted by Gasteiger charge is 2.44. The molecule has 0 saturated carbocycles. The normalized spacial score (nSPS) is 29.7. The summed E-state index contributed by atoms with van der Waals surface area (Å²) in [5, 5.41) is 46.5. The molecule has 2 aromatic heterocycles. The Bertz CT molecular complexity index is 667. The van der Waals surface area contributed by atoms with Crippen molar-refractivity contribution >= 4 is 0 Å². The van der Waals surface area contributed by atoms with E-state index in [1.165, 1.54) is 4.68 Å². The lowest BCUT2D eigenvalue weighted by atomic mass is 9.99. The highest BCUT2D eigenvalue weighted by molar-refractivity contribution is 5.16. The Morgan fingerprint density at radius 3 is 2.60 bits per heavy atom. The predicted octanol–water partition coefficient (Wildman–Crippen LogP) is -1.96. The Hall–Kier alpha value is -1.95. The fourth-order valence-corrected chi connectivity index (χ4v) is 2.55. The number of rotatable bonds is 6. The minimum absolute atomic E-state index is 0.0773. The first-order valence-electron chi connectivity index (χ1n) is 7.78. The fourth-order valence-electron chi connectivity index (χ4n) is 2.55. The molecule has 1 aliphatic rings. The van der Waals surface area contributed by atoms with Crippen LogP contribution in [-0.2, 0) is 22.6 Å². The van der Waals surface area contributed by atoms with E-state index in [9.17, 15) is 15.3 Å². The smallest absolute Gasteiger partial charge is 0.188 e. The first-order valence-corrected chi connectivity index (χ1v) is 7.78. The van der Waals surface area contributed by atoms with Gasteiger partial charge in [0.2, 0.25) is 0 Å². The minimum Gasteiger partial charge on any atom is -0.394 e. The molecule has 10 nitrogen and oxygen atoms in total.